The van der Waals surface area contributed by atoms with Gasteiger partial charge in [-0.1, -0.05) is 29.8 Å². The monoisotopic (exact) mass is 231 g/mol. The van der Waals surface area contributed by atoms with Gasteiger partial charge in [0.2, 0.25) is 6.33 Å². The second-order valence-electron chi connectivity index (χ2n) is 4.36. The van der Waals surface area contributed by atoms with Gasteiger partial charge in [-0.15, -0.1) is 0 Å². The molecule has 0 aliphatic rings. The highest BCUT2D eigenvalue weighted by atomic mass is 16.5. The second kappa shape index (κ2) is 5.64. The molecule has 17 heavy (non-hydrogen) atoms. The smallest absolute Gasteiger partial charge is 0.243 e. The van der Waals surface area contributed by atoms with Crippen molar-refractivity contribution in [1.29, 1.82) is 0 Å². The molecule has 1 aromatic heterocycles. The van der Waals surface area contributed by atoms with Crippen molar-refractivity contribution >= 4 is 0 Å². The summed E-state index contributed by atoms with van der Waals surface area (Å²) in [6.45, 7) is 4.42. The minimum absolute atomic E-state index is 0.688. The van der Waals surface area contributed by atoms with E-state index in [-0.39, 0.29) is 0 Å². The lowest BCUT2D eigenvalue weighted by molar-refractivity contribution is -0.671. The van der Waals surface area contributed by atoms with Crippen molar-refractivity contribution in [2.45, 2.75) is 20.1 Å². The largest absolute Gasteiger partial charge is 0.373 e. The van der Waals surface area contributed by atoms with Crippen molar-refractivity contribution in [2.75, 3.05) is 6.61 Å². The van der Waals surface area contributed by atoms with Crippen molar-refractivity contribution < 1.29 is 9.30 Å². The summed E-state index contributed by atoms with van der Waals surface area (Å²) in [4.78, 5) is 0. The molecular weight excluding hydrogens is 212 g/mol. The molecule has 0 spiro atoms. The number of hydrogen-bond donors (Lipinski definition) is 0. The van der Waals surface area contributed by atoms with E-state index in [0.29, 0.717) is 6.61 Å². The zero-order valence-corrected chi connectivity index (χ0v) is 10.5. The van der Waals surface area contributed by atoms with Gasteiger partial charge in [-0.3, -0.25) is 0 Å². The van der Waals surface area contributed by atoms with E-state index in [1.54, 1.807) is 0 Å². The van der Waals surface area contributed by atoms with Gasteiger partial charge in [0.25, 0.3) is 0 Å². The van der Waals surface area contributed by atoms with Gasteiger partial charge in [0, 0.05) is 0 Å². The molecule has 0 radical (unpaired) electrons. The summed E-state index contributed by atoms with van der Waals surface area (Å²) >= 11 is 0. The van der Waals surface area contributed by atoms with Crippen LogP contribution in [0.5, 0.6) is 0 Å². The van der Waals surface area contributed by atoms with E-state index < -0.39 is 0 Å². The van der Waals surface area contributed by atoms with Crippen LogP contribution in [0.15, 0.2) is 43.0 Å². The Balaban J connectivity index is 1.71. The van der Waals surface area contributed by atoms with Gasteiger partial charge in [-0.2, -0.15) is 0 Å². The van der Waals surface area contributed by atoms with Crippen LogP contribution in [-0.2, 0) is 24.9 Å². The van der Waals surface area contributed by atoms with Crippen LogP contribution < -0.4 is 4.57 Å². The molecule has 0 atom stereocenters. The highest BCUT2D eigenvalue weighted by Gasteiger charge is 1.99. The van der Waals surface area contributed by atoms with Gasteiger partial charge >= 0.3 is 0 Å². The summed E-state index contributed by atoms with van der Waals surface area (Å²) < 4.78 is 9.79. The number of rotatable bonds is 5. The first-order chi connectivity index (χ1) is 8.24. The fourth-order valence-corrected chi connectivity index (χ4v) is 1.68. The van der Waals surface area contributed by atoms with Crippen LogP contribution in [0.3, 0.4) is 0 Å². The lowest BCUT2D eigenvalue weighted by Gasteiger charge is -2.03. The molecule has 3 heteroatoms. The Labute approximate surface area is 102 Å². The van der Waals surface area contributed by atoms with E-state index in [9.17, 15) is 0 Å². The van der Waals surface area contributed by atoms with Gasteiger partial charge in [0.05, 0.1) is 20.3 Å². The molecule has 0 bridgehead atoms. The van der Waals surface area contributed by atoms with E-state index >= 15 is 0 Å². The number of ether oxygens (including phenoxy) is 1. The summed E-state index contributed by atoms with van der Waals surface area (Å²) in [7, 11) is 2.02. The van der Waals surface area contributed by atoms with E-state index in [1.165, 1.54) is 11.1 Å². The lowest BCUT2D eigenvalue weighted by atomic mass is 10.2. The number of benzene rings is 1. The average Bonchev–Trinajstić information content (AvgIpc) is 2.73. The predicted molar refractivity (Wildman–Crippen MR) is 66.4 cm³/mol. The maximum atomic E-state index is 5.64. The molecule has 3 nitrogen and oxygen atoms in total. The summed E-state index contributed by atoms with van der Waals surface area (Å²) in [5, 5.41) is 0. The Kier molecular flexibility index (Phi) is 3.94. The molecule has 1 heterocycles. The fraction of sp³-hybridized carbons (Fsp3) is 0.357. The normalized spacial score (nSPS) is 10.7. The summed E-state index contributed by atoms with van der Waals surface area (Å²) in [5.41, 5.74) is 2.52. The molecule has 0 amide bonds. The van der Waals surface area contributed by atoms with Crippen LogP contribution in [0.2, 0.25) is 0 Å². The van der Waals surface area contributed by atoms with Crippen LogP contribution in [0.4, 0.5) is 0 Å². The van der Waals surface area contributed by atoms with Crippen LogP contribution in [0.25, 0.3) is 0 Å². The summed E-state index contributed by atoms with van der Waals surface area (Å²) in [6, 6.07) is 8.46. The zero-order chi connectivity index (χ0) is 12.1. The maximum Gasteiger partial charge on any atom is 0.243 e. The third-order valence-electron chi connectivity index (χ3n) is 2.71. The standard InChI is InChI=1S/C14H19N2O/c1-13-3-5-14(6-4-13)11-17-10-9-16-8-7-15(2)12-16/h3-8,12H,9-11H2,1-2H3/q+1. The molecule has 0 unspecified atom stereocenters. The van der Waals surface area contributed by atoms with E-state index in [0.717, 1.165) is 13.2 Å². The Morgan fingerprint density at radius 2 is 2.00 bits per heavy atom. The van der Waals surface area contributed by atoms with Crippen molar-refractivity contribution in [3.05, 3.63) is 54.1 Å². The second-order valence-corrected chi connectivity index (χ2v) is 4.36. The molecule has 1 aromatic carbocycles. The molecule has 0 saturated carbocycles. The van der Waals surface area contributed by atoms with Crippen LogP contribution in [-0.4, -0.2) is 11.2 Å². The predicted octanol–water partition coefficient (Wildman–Crippen LogP) is 1.84. The number of nitrogens with zero attached hydrogens (tertiary/aromatic N) is 2. The molecule has 0 fully saturated rings. The minimum Gasteiger partial charge on any atom is -0.373 e. The maximum absolute atomic E-state index is 5.64. The average molecular weight is 231 g/mol. The van der Waals surface area contributed by atoms with Crippen LogP contribution in [0.1, 0.15) is 11.1 Å². The summed E-state index contributed by atoms with van der Waals surface area (Å²) in [5.74, 6) is 0. The topological polar surface area (TPSA) is 18.0 Å². The van der Waals surface area contributed by atoms with Crippen molar-refractivity contribution in [3.8, 4) is 0 Å². The number of aromatic nitrogens is 2. The number of hydrogen-bond acceptors (Lipinski definition) is 1. The van der Waals surface area contributed by atoms with Crippen LogP contribution in [0, 0.1) is 6.92 Å². The van der Waals surface area contributed by atoms with Crippen molar-refractivity contribution in [2.24, 2.45) is 7.05 Å². The third kappa shape index (κ3) is 3.71. The molecule has 2 aromatic rings. The van der Waals surface area contributed by atoms with Gasteiger partial charge < -0.3 is 4.74 Å². The minimum atomic E-state index is 0.688. The van der Waals surface area contributed by atoms with Crippen molar-refractivity contribution in [1.82, 2.24) is 4.57 Å². The molecule has 90 valence electrons. The Morgan fingerprint density at radius 1 is 1.24 bits per heavy atom. The van der Waals surface area contributed by atoms with Gasteiger partial charge in [0.15, 0.2) is 0 Å². The first kappa shape index (κ1) is 11.9. The van der Waals surface area contributed by atoms with E-state index in [2.05, 4.69) is 48.3 Å². The molecule has 0 N–H and O–H groups in total. The fourth-order valence-electron chi connectivity index (χ4n) is 1.68. The van der Waals surface area contributed by atoms with Gasteiger partial charge in [-0.05, 0) is 12.5 Å². The molecule has 0 aliphatic carbocycles. The quantitative estimate of drug-likeness (QED) is 0.567. The Hall–Kier alpha value is -1.61. The first-order valence-electron chi connectivity index (χ1n) is 5.88. The molecule has 0 saturated heterocycles. The Morgan fingerprint density at radius 3 is 2.65 bits per heavy atom. The molecule has 0 aliphatic heterocycles. The SMILES string of the molecule is Cc1ccc(COCCn2cc[n+](C)c2)cc1. The number of imidazole rings is 1. The lowest BCUT2D eigenvalue weighted by Crippen LogP contribution is -2.24. The highest BCUT2D eigenvalue weighted by Crippen LogP contribution is 2.04. The molecule has 2 rings (SSSR count). The van der Waals surface area contributed by atoms with Gasteiger partial charge in [-0.25, -0.2) is 9.13 Å². The Bertz CT molecular complexity index is 459. The molecular formula is C14H19N2O+. The highest BCUT2D eigenvalue weighted by molar-refractivity contribution is 5.20. The van der Waals surface area contributed by atoms with Crippen LogP contribution >= 0.6 is 0 Å². The van der Waals surface area contributed by atoms with Gasteiger partial charge in [0.1, 0.15) is 18.9 Å². The van der Waals surface area contributed by atoms with Crippen molar-refractivity contribution in [3.63, 3.8) is 0 Å². The number of aryl methyl sites for hydroxylation is 2. The summed E-state index contributed by atoms with van der Waals surface area (Å²) in [6.07, 6.45) is 6.13. The van der Waals surface area contributed by atoms with E-state index in [4.69, 9.17) is 4.74 Å². The van der Waals surface area contributed by atoms with E-state index in [1.807, 2.05) is 17.8 Å². The first-order valence-corrected chi connectivity index (χ1v) is 5.88. The zero-order valence-electron chi connectivity index (χ0n) is 10.5. The third-order valence-corrected chi connectivity index (χ3v) is 2.71.